The SMILES string of the molecule is COC(=O)[C@H]1CN(C(=O)N2CCOCC2)CCN1C(=O)c1cccs1. The van der Waals surface area contributed by atoms with E-state index in [1.54, 1.807) is 21.9 Å². The van der Waals surface area contributed by atoms with Gasteiger partial charge in [-0.25, -0.2) is 9.59 Å². The second kappa shape index (κ2) is 7.83. The summed E-state index contributed by atoms with van der Waals surface area (Å²) in [4.78, 5) is 42.9. The number of hydrogen-bond acceptors (Lipinski definition) is 6. The summed E-state index contributed by atoms with van der Waals surface area (Å²) in [5, 5.41) is 1.82. The molecule has 3 heterocycles. The van der Waals surface area contributed by atoms with E-state index in [1.165, 1.54) is 23.3 Å². The molecule has 0 spiro atoms. The molecular weight excluding hydrogens is 346 g/mol. The van der Waals surface area contributed by atoms with Crippen LogP contribution in [0.4, 0.5) is 4.79 Å². The van der Waals surface area contributed by atoms with Crippen molar-refractivity contribution in [1.82, 2.24) is 14.7 Å². The van der Waals surface area contributed by atoms with Crippen LogP contribution in [-0.2, 0) is 14.3 Å². The summed E-state index contributed by atoms with van der Waals surface area (Å²) in [6.07, 6.45) is 0. The highest BCUT2D eigenvalue weighted by atomic mass is 32.1. The maximum absolute atomic E-state index is 12.7. The standard InChI is InChI=1S/C16H21N3O5S/c1-23-15(21)12-11-18(16(22)17-6-8-24-9-7-17)4-5-19(12)14(20)13-3-2-10-25-13/h2-3,10,12H,4-9,11H2,1H3/t12-/m1/s1. The number of hydrogen-bond donors (Lipinski definition) is 0. The summed E-state index contributed by atoms with van der Waals surface area (Å²) in [5.41, 5.74) is 0. The average Bonchev–Trinajstić information content (AvgIpc) is 3.21. The van der Waals surface area contributed by atoms with Gasteiger partial charge in [-0.3, -0.25) is 4.79 Å². The minimum atomic E-state index is -0.793. The van der Waals surface area contributed by atoms with Gasteiger partial charge in [-0.05, 0) is 11.4 Å². The topological polar surface area (TPSA) is 79.4 Å². The molecule has 0 unspecified atom stereocenters. The van der Waals surface area contributed by atoms with Crippen LogP contribution >= 0.6 is 11.3 Å². The van der Waals surface area contributed by atoms with Crippen LogP contribution in [0.2, 0.25) is 0 Å². The number of esters is 1. The van der Waals surface area contributed by atoms with Gasteiger partial charge in [-0.15, -0.1) is 11.3 Å². The number of ether oxygens (including phenoxy) is 2. The summed E-state index contributed by atoms with van der Waals surface area (Å²) in [7, 11) is 1.29. The van der Waals surface area contributed by atoms with Crippen molar-refractivity contribution in [3.05, 3.63) is 22.4 Å². The number of carbonyl (C=O) groups is 3. The zero-order valence-corrected chi connectivity index (χ0v) is 14.9. The molecule has 2 saturated heterocycles. The number of amides is 3. The molecule has 9 heteroatoms. The fourth-order valence-electron chi connectivity index (χ4n) is 3.03. The van der Waals surface area contributed by atoms with Crippen LogP contribution in [0.15, 0.2) is 17.5 Å². The Morgan fingerprint density at radius 1 is 1.16 bits per heavy atom. The molecule has 0 bridgehead atoms. The van der Waals surface area contributed by atoms with Crippen LogP contribution in [-0.4, -0.2) is 91.7 Å². The van der Waals surface area contributed by atoms with Crippen LogP contribution in [0, 0.1) is 0 Å². The number of nitrogens with zero attached hydrogens (tertiary/aromatic N) is 3. The van der Waals surface area contributed by atoms with Gasteiger partial charge in [0, 0.05) is 26.2 Å². The second-order valence-electron chi connectivity index (χ2n) is 5.84. The Kier molecular flexibility index (Phi) is 5.54. The van der Waals surface area contributed by atoms with E-state index < -0.39 is 12.0 Å². The van der Waals surface area contributed by atoms with Crippen molar-refractivity contribution < 1.29 is 23.9 Å². The molecule has 0 aliphatic carbocycles. The molecule has 2 fully saturated rings. The maximum Gasteiger partial charge on any atom is 0.330 e. The molecule has 2 aliphatic heterocycles. The molecule has 2 aliphatic rings. The molecule has 1 atom stereocenters. The van der Waals surface area contributed by atoms with Crippen molar-refractivity contribution in [2.75, 3.05) is 53.0 Å². The predicted molar refractivity (Wildman–Crippen MR) is 90.5 cm³/mol. The Labute approximate surface area is 149 Å². The normalized spacial score (nSPS) is 21.2. The quantitative estimate of drug-likeness (QED) is 0.711. The van der Waals surface area contributed by atoms with Gasteiger partial charge in [-0.1, -0.05) is 6.07 Å². The molecule has 3 amide bonds. The van der Waals surface area contributed by atoms with Gasteiger partial charge in [0.1, 0.15) is 6.04 Å². The first kappa shape index (κ1) is 17.7. The highest BCUT2D eigenvalue weighted by molar-refractivity contribution is 7.12. The number of rotatable bonds is 2. The van der Waals surface area contributed by atoms with E-state index in [4.69, 9.17) is 9.47 Å². The lowest BCUT2D eigenvalue weighted by Gasteiger charge is -2.41. The first-order chi connectivity index (χ1) is 12.1. The highest BCUT2D eigenvalue weighted by Gasteiger charge is 2.39. The van der Waals surface area contributed by atoms with Crippen LogP contribution in [0.5, 0.6) is 0 Å². The van der Waals surface area contributed by atoms with Gasteiger partial charge in [0.25, 0.3) is 5.91 Å². The van der Waals surface area contributed by atoms with Crippen LogP contribution in [0.1, 0.15) is 9.67 Å². The first-order valence-electron chi connectivity index (χ1n) is 8.15. The summed E-state index contributed by atoms with van der Waals surface area (Å²) in [6, 6.07) is 2.61. The molecule has 0 aromatic carbocycles. The zero-order chi connectivity index (χ0) is 17.8. The highest BCUT2D eigenvalue weighted by Crippen LogP contribution is 2.19. The van der Waals surface area contributed by atoms with Crippen molar-refractivity contribution >= 4 is 29.2 Å². The van der Waals surface area contributed by atoms with E-state index >= 15 is 0 Å². The van der Waals surface area contributed by atoms with Crippen LogP contribution < -0.4 is 0 Å². The molecule has 1 aromatic heterocycles. The Hall–Kier alpha value is -2.13. The zero-order valence-electron chi connectivity index (χ0n) is 14.1. The van der Waals surface area contributed by atoms with E-state index in [2.05, 4.69) is 0 Å². The van der Waals surface area contributed by atoms with Gasteiger partial charge < -0.3 is 24.2 Å². The molecule has 8 nitrogen and oxygen atoms in total. The Morgan fingerprint density at radius 2 is 1.92 bits per heavy atom. The van der Waals surface area contributed by atoms with Gasteiger partial charge in [-0.2, -0.15) is 0 Å². The third-order valence-electron chi connectivity index (χ3n) is 4.40. The van der Waals surface area contributed by atoms with E-state index in [-0.39, 0.29) is 18.5 Å². The van der Waals surface area contributed by atoms with E-state index in [9.17, 15) is 14.4 Å². The van der Waals surface area contributed by atoms with E-state index in [1.807, 2.05) is 5.38 Å². The van der Waals surface area contributed by atoms with Crippen LogP contribution in [0.25, 0.3) is 0 Å². The molecule has 0 radical (unpaired) electrons. The van der Waals surface area contributed by atoms with E-state index in [0.29, 0.717) is 44.3 Å². The minimum Gasteiger partial charge on any atom is -0.467 e. The summed E-state index contributed by atoms with van der Waals surface area (Å²) in [6.45, 7) is 2.94. The van der Waals surface area contributed by atoms with Crippen molar-refractivity contribution in [2.24, 2.45) is 0 Å². The van der Waals surface area contributed by atoms with Crippen molar-refractivity contribution in [1.29, 1.82) is 0 Å². The molecule has 0 saturated carbocycles. The lowest BCUT2D eigenvalue weighted by Crippen LogP contribution is -2.61. The smallest absolute Gasteiger partial charge is 0.330 e. The number of urea groups is 1. The fraction of sp³-hybridized carbons (Fsp3) is 0.562. The average molecular weight is 367 g/mol. The summed E-state index contributed by atoms with van der Waals surface area (Å²) < 4.78 is 10.1. The fourth-order valence-corrected chi connectivity index (χ4v) is 3.71. The maximum atomic E-state index is 12.7. The number of thiophene rings is 1. The van der Waals surface area contributed by atoms with Crippen molar-refractivity contribution in [2.45, 2.75) is 6.04 Å². The monoisotopic (exact) mass is 367 g/mol. The second-order valence-corrected chi connectivity index (χ2v) is 6.79. The number of piperazine rings is 1. The lowest BCUT2D eigenvalue weighted by molar-refractivity contribution is -0.147. The van der Waals surface area contributed by atoms with Crippen molar-refractivity contribution in [3.8, 4) is 0 Å². The Morgan fingerprint density at radius 3 is 2.56 bits per heavy atom. The lowest BCUT2D eigenvalue weighted by atomic mass is 10.1. The molecule has 3 rings (SSSR count). The largest absolute Gasteiger partial charge is 0.467 e. The Bertz CT molecular complexity index is 630. The van der Waals surface area contributed by atoms with E-state index in [0.717, 1.165) is 0 Å². The van der Waals surface area contributed by atoms with Gasteiger partial charge in [0.2, 0.25) is 0 Å². The minimum absolute atomic E-state index is 0.125. The third kappa shape index (κ3) is 3.77. The van der Waals surface area contributed by atoms with Gasteiger partial charge in [0.05, 0.1) is 31.7 Å². The molecule has 0 N–H and O–H groups in total. The van der Waals surface area contributed by atoms with Crippen LogP contribution in [0.3, 0.4) is 0 Å². The molecule has 136 valence electrons. The summed E-state index contributed by atoms with van der Waals surface area (Å²) in [5.74, 6) is -0.715. The van der Waals surface area contributed by atoms with Gasteiger partial charge >= 0.3 is 12.0 Å². The summed E-state index contributed by atoms with van der Waals surface area (Å²) >= 11 is 1.33. The third-order valence-corrected chi connectivity index (χ3v) is 5.26. The molecule has 25 heavy (non-hydrogen) atoms. The molecular formula is C16H21N3O5S. The first-order valence-corrected chi connectivity index (χ1v) is 9.03. The van der Waals surface area contributed by atoms with Gasteiger partial charge in [0.15, 0.2) is 0 Å². The number of morpholine rings is 1. The predicted octanol–water partition coefficient (Wildman–Crippen LogP) is 0.500. The number of carbonyl (C=O) groups excluding carboxylic acids is 3. The van der Waals surface area contributed by atoms with Crippen molar-refractivity contribution in [3.63, 3.8) is 0 Å². The Balaban J connectivity index is 1.72. The molecule has 1 aromatic rings. The number of methoxy groups -OCH3 is 1.